The summed E-state index contributed by atoms with van der Waals surface area (Å²) in [6, 6.07) is 11.8. The largest absolute Gasteiger partial charge is 0.481 e. The van der Waals surface area contributed by atoms with Crippen molar-refractivity contribution in [3.8, 4) is 5.75 Å². The van der Waals surface area contributed by atoms with E-state index in [9.17, 15) is 13.2 Å². The monoisotopic (exact) mass is 432 g/mol. The molecular weight excluding hydrogens is 400 g/mol. The highest BCUT2D eigenvalue weighted by Gasteiger charge is 2.19. The highest BCUT2D eigenvalue weighted by molar-refractivity contribution is 7.92. The van der Waals surface area contributed by atoms with E-state index in [4.69, 9.17) is 4.74 Å². The first-order valence-corrected chi connectivity index (χ1v) is 11.7. The van der Waals surface area contributed by atoms with E-state index in [1.807, 2.05) is 52.8 Å². The van der Waals surface area contributed by atoms with E-state index in [1.165, 1.54) is 12.1 Å². The lowest BCUT2D eigenvalue weighted by Gasteiger charge is -2.18. The molecule has 1 atom stereocenters. The number of hydrogen-bond acceptors (Lipinski definition) is 4. The van der Waals surface area contributed by atoms with Gasteiger partial charge in [-0.15, -0.1) is 0 Å². The van der Waals surface area contributed by atoms with E-state index >= 15 is 0 Å². The number of carbonyl (C=O) groups is 1. The Hall–Kier alpha value is -2.54. The molecule has 0 fully saturated rings. The first-order valence-electron chi connectivity index (χ1n) is 10.2. The number of rotatable bonds is 9. The Morgan fingerprint density at radius 1 is 1.00 bits per heavy atom. The van der Waals surface area contributed by atoms with Gasteiger partial charge in [0.05, 0.1) is 10.6 Å². The van der Waals surface area contributed by atoms with Crippen LogP contribution in [0, 0.1) is 12.8 Å². The maximum absolute atomic E-state index is 12.9. The topological polar surface area (TPSA) is 84.5 Å². The Bertz CT molecular complexity index is 967. The third-order valence-electron chi connectivity index (χ3n) is 4.66. The number of benzene rings is 2. The second-order valence-electron chi connectivity index (χ2n) is 8.17. The number of amides is 1. The number of nitrogens with one attached hydrogen (secondary N) is 2. The second-order valence-corrected chi connectivity index (χ2v) is 9.85. The molecule has 7 heteroatoms. The molecule has 0 heterocycles. The quantitative estimate of drug-likeness (QED) is 0.613. The summed E-state index contributed by atoms with van der Waals surface area (Å²) < 4.78 is 34.2. The van der Waals surface area contributed by atoms with Gasteiger partial charge in [0.2, 0.25) is 0 Å². The van der Waals surface area contributed by atoms with Gasteiger partial charge in [-0.05, 0) is 61.1 Å². The molecule has 0 saturated carbocycles. The molecule has 0 bridgehead atoms. The average molecular weight is 433 g/mol. The summed E-state index contributed by atoms with van der Waals surface area (Å²) in [4.78, 5) is 12.2. The van der Waals surface area contributed by atoms with Crippen LogP contribution in [0.25, 0.3) is 0 Å². The number of anilines is 1. The molecule has 2 rings (SSSR count). The van der Waals surface area contributed by atoms with Crippen molar-refractivity contribution >= 4 is 21.6 Å². The molecule has 6 nitrogen and oxygen atoms in total. The van der Waals surface area contributed by atoms with Crippen LogP contribution in [0.1, 0.15) is 51.7 Å². The average Bonchev–Trinajstić information content (AvgIpc) is 2.67. The van der Waals surface area contributed by atoms with Crippen LogP contribution in [0.15, 0.2) is 47.4 Å². The SMILES string of the molecule is Cc1cccc(C(C)C)c1NS(=O)(=O)c1ccc(O[C@H](C)C(=O)NCC(C)C)cc1. The molecule has 0 aliphatic heterocycles. The number of carbonyl (C=O) groups excluding carboxylic acids is 1. The van der Waals surface area contributed by atoms with Gasteiger partial charge in [0.1, 0.15) is 5.75 Å². The molecule has 0 aromatic heterocycles. The first kappa shape index (κ1) is 23.7. The van der Waals surface area contributed by atoms with Gasteiger partial charge in [-0.1, -0.05) is 45.9 Å². The smallest absolute Gasteiger partial charge is 0.261 e. The molecule has 2 aromatic carbocycles. The predicted octanol–water partition coefficient (Wildman–Crippen LogP) is 4.46. The molecule has 0 spiro atoms. The van der Waals surface area contributed by atoms with Crippen molar-refractivity contribution in [2.75, 3.05) is 11.3 Å². The molecular formula is C23H32N2O4S. The van der Waals surface area contributed by atoms with Gasteiger partial charge in [-0.2, -0.15) is 0 Å². The summed E-state index contributed by atoms with van der Waals surface area (Å²) in [5, 5.41) is 2.81. The maximum Gasteiger partial charge on any atom is 0.261 e. The Morgan fingerprint density at radius 3 is 2.20 bits per heavy atom. The maximum atomic E-state index is 12.9. The minimum atomic E-state index is -3.76. The fourth-order valence-corrected chi connectivity index (χ4v) is 4.07. The fraction of sp³-hybridized carbons (Fsp3) is 0.435. The normalized spacial score (nSPS) is 12.7. The van der Waals surface area contributed by atoms with Crippen molar-refractivity contribution in [3.05, 3.63) is 53.6 Å². The molecule has 30 heavy (non-hydrogen) atoms. The number of sulfonamides is 1. The van der Waals surface area contributed by atoms with E-state index in [2.05, 4.69) is 10.0 Å². The van der Waals surface area contributed by atoms with Gasteiger partial charge >= 0.3 is 0 Å². The Labute approximate surface area is 180 Å². The lowest BCUT2D eigenvalue weighted by Crippen LogP contribution is -2.38. The Kier molecular flexibility index (Phi) is 7.89. The van der Waals surface area contributed by atoms with Crippen LogP contribution in [-0.4, -0.2) is 27.0 Å². The van der Waals surface area contributed by atoms with Crippen molar-refractivity contribution in [3.63, 3.8) is 0 Å². The van der Waals surface area contributed by atoms with Gasteiger partial charge in [0, 0.05) is 6.54 Å². The van der Waals surface area contributed by atoms with E-state index < -0.39 is 16.1 Å². The van der Waals surface area contributed by atoms with Crippen molar-refractivity contribution in [1.82, 2.24) is 5.32 Å². The molecule has 164 valence electrons. The van der Waals surface area contributed by atoms with E-state index in [1.54, 1.807) is 19.1 Å². The number of para-hydroxylation sites is 1. The summed E-state index contributed by atoms with van der Waals surface area (Å²) in [6.45, 7) is 12.2. The molecule has 0 saturated heterocycles. The fourth-order valence-electron chi connectivity index (χ4n) is 2.91. The zero-order valence-corrected chi connectivity index (χ0v) is 19.3. The Balaban J connectivity index is 2.13. The summed E-state index contributed by atoms with van der Waals surface area (Å²) >= 11 is 0. The zero-order chi connectivity index (χ0) is 22.5. The number of ether oxygens (including phenoxy) is 1. The van der Waals surface area contributed by atoms with Crippen LogP contribution in [-0.2, 0) is 14.8 Å². The van der Waals surface area contributed by atoms with E-state index in [0.29, 0.717) is 23.9 Å². The molecule has 2 aromatic rings. The third kappa shape index (κ3) is 6.23. The van der Waals surface area contributed by atoms with Gasteiger partial charge in [0.15, 0.2) is 6.10 Å². The summed E-state index contributed by atoms with van der Waals surface area (Å²) in [7, 11) is -3.76. The zero-order valence-electron chi connectivity index (χ0n) is 18.5. The summed E-state index contributed by atoms with van der Waals surface area (Å²) in [5.41, 5.74) is 2.42. The van der Waals surface area contributed by atoms with Crippen molar-refractivity contribution in [1.29, 1.82) is 0 Å². The lowest BCUT2D eigenvalue weighted by atomic mass is 9.99. The highest BCUT2D eigenvalue weighted by atomic mass is 32.2. The summed E-state index contributed by atoms with van der Waals surface area (Å²) in [5.74, 6) is 0.757. The highest BCUT2D eigenvalue weighted by Crippen LogP contribution is 2.30. The standard InChI is InChI=1S/C23H32N2O4S/c1-15(2)14-24-23(26)18(6)29-19-10-12-20(13-11-19)30(27,28)25-22-17(5)8-7-9-21(22)16(3)4/h7-13,15-16,18,25H,14H2,1-6H3,(H,24,26)/t18-/m1/s1. The molecule has 0 aliphatic carbocycles. The van der Waals surface area contributed by atoms with E-state index in [-0.39, 0.29) is 16.7 Å². The molecule has 2 N–H and O–H groups in total. The molecule has 1 amide bonds. The van der Waals surface area contributed by atoms with E-state index in [0.717, 1.165) is 11.1 Å². The predicted molar refractivity (Wildman–Crippen MR) is 120 cm³/mol. The van der Waals surface area contributed by atoms with Crippen LogP contribution < -0.4 is 14.8 Å². The van der Waals surface area contributed by atoms with Crippen molar-refractivity contribution in [2.45, 2.75) is 58.5 Å². The minimum Gasteiger partial charge on any atom is -0.481 e. The van der Waals surface area contributed by atoms with Gasteiger partial charge in [0.25, 0.3) is 15.9 Å². The summed E-state index contributed by atoms with van der Waals surface area (Å²) in [6.07, 6.45) is -0.676. The van der Waals surface area contributed by atoms with Gasteiger partial charge < -0.3 is 10.1 Å². The molecule has 0 unspecified atom stereocenters. The van der Waals surface area contributed by atoms with Crippen LogP contribution in [0.2, 0.25) is 0 Å². The second kappa shape index (κ2) is 9.98. The van der Waals surface area contributed by atoms with Crippen molar-refractivity contribution < 1.29 is 17.9 Å². The molecule has 0 radical (unpaired) electrons. The minimum absolute atomic E-state index is 0.129. The van der Waals surface area contributed by atoms with Crippen LogP contribution in [0.4, 0.5) is 5.69 Å². The Morgan fingerprint density at radius 2 is 1.63 bits per heavy atom. The van der Waals surface area contributed by atoms with Gasteiger partial charge in [-0.3, -0.25) is 9.52 Å². The first-order chi connectivity index (χ1) is 14.0. The lowest BCUT2D eigenvalue weighted by molar-refractivity contribution is -0.127. The van der Waals surface area contributed by atoms with Crippen LogP contribution in [0.3, 0.4) is 0 Å². The third-order valence-corrected chi connectivity index (χ3v) is 6.03. The van der Waals surface area contributed by atoms with Crippen LogP contribution in [0.5, 0.6) is 5.75 Å². The van der Waals surface area contributed by atoms with Gasteiger partial charge in [-0.25, -0.2) is 8.42 Å². The number of aryl methyl sites for hydroxylation is 1. The van der Waals surface area contributed by atoms with Crippen molar-refractivity contribution in [2.24, 2.45) is 5.92 Å². The van der Waals surface area contributed by atoms with Crippen LogP contribution >= 0.6 is 0 Å². The number of hydrogen-bond donors (Lipinski definition) is 2. The molecule has 0 aliphatic rings.